The van der Waals surface area contributed by atoms with Gasteiger partial charge in [0.05, 0.1) is 33.8 Å². The minimum Gasteiger partial charge on any atom is -0.344 e. The summed E-state index contributed by atoms with van der Waals surface area (Å²) in [5.74, 6) is 1.15. The van der Waals surface area contributed by atoms with Crippen molar-refractivity contribution in [1.29, 1.82) is 15.8 Å². The molecule has 3 aromatic carbocycles. The predicted molar refractivity (Wildman–Crippen MR) is 182 cm³/mol. The highest BCUT2D eigenvalue weighted by Gasteiger charge is 2.22. The molecule has 3 aromatic heterocycles. The van der Waals surface area contributed by atoms with E-state index < -0.39 is 6.17 Å². The first-order valence-electron chi connectivity index (χ1n) is 15.0. The summed E-state index contributed by atoms with van der Waals surface area (Å²) in [7, 11) is 0. The van der Waals surface area contributed by atoms with Crippen molar-refractivity contribution in [3.63, 3.8) is 0 Å². The second kappa shape index (κ2) is 13.0. The van der Waals surface area contributed by atoms with E-state index in [1.54, 1.807) is 55.0 Å². The summed E-state index contributed by atoms with van der Waals surface area (Å²) in [6.07, 6.45) is 4.54. The molecule has 0 bridgehead atoms. The molecule has 224 valence electrons. The zero-order valence-electron chi connectivity index (χ0n) is 25.3. The molecule has 4 heterocycles. The van der Waals surface area contributed by atoms with Crippen LogP contribution in [0.2, 0.25) is 0 Å². The molecule has 48 heavy (non-hydrogen) atoms. The van der Waals surface area contributed by atoms with Gasteiger partial charge in [0.25, 0.3) is 0 Å². The van der Waals surface area contributed by atoms with Crippen molar-refractivity contribution in [2.24, 2.45) is 9.98 Å². The molecule has 1 N–H and O–H groups in total. The Hall–Kier alpha value is -7.28. The lowest BCUT2D eigenvalue weighted by atomic mass is 10.0. The minimum atomic E-state index is -0.470. The molecule has 0 fully saturated rings. The molecule has 9 nitrogen and oxygen atoms in total. The molecule has 6 aromatic rings. The van der Waals surface area contributed by atoms with Gasteiger partial charge >= 0.3 is 0 Å². The number of amidine groups is 2. The standard InChI is InChI=1S/C39H23N9/c40-22-31-4-1-19-43-34(31)25-7-13-28(14-8-25)37-46-38(29-15-9-26(10-16-29)35-32(23-41)5-2-20-44-35)48-39(47-37)30-17-11-27(12-18-30)36-33(24-42)6-3-21-45-36/h1-21,37H,(H,46,47,48). The maximum Gasteiger partial charge on any atom is 0.159 e. The Kier molecular flexibility index (Phi) is 7.96. The Morgan fingerprint density at radius 2 is 0.875 bits per heavy atom. The number of nitrogens with one attached hydrogen (secondary N) is 1. The first-order chi connectivity index (χ1) is 23.6. The second-order valence-corrected chi connectivity index (χ2v) is 10.8. The van der Waals surface area contributed by atoms with Crippen molar-refractivity contribution in [3.8, 4) is 52.0 Å². The van der Waals surface area contributed by atoms with Crippen molar-refractivity contribution in [3.05, 3.63) is 161 Å². The van der Waals surface area contributed by atoms with Crippen molar-refractivity contribution >= 4 is 11.7 Å². The summed E-state index contributed by atoms with van der Waals surface area (Å²) in [4.78, 5) is 23.2. The van der Waals surface area contributed by atoms with Crippen molar-refractivity contribution < 1.29 is 0 Å². The van der Waals surface area contributed by atoms with Crippen LogP contribution >= 0.6 is 0 Å². The van der Waals surface area contributed by atoms with Gasteiger partial charge in [0.15, 0.2) is 5.84 Å². The number of rotatable bonds is 6. The topological polar surface area (TPSA) is 147 Å². The SMILES string of the molecule is N#Cc1cccnc1-c1ccc(C2=NC(c3ccc(-c4ncccc4C#N)cc3)NC(c3ccc(-c4ncccc4C#N)cc3)=N2)cc1. The summed E-state index contributed by atoms with van der Waals surface area (Å²) < 4.78 is 0. The lowest BCUT2D eigenvalue weighted by molar-refractivity contribution is 0.674. The normalized spacial score (nSPS) is 13.6. The Bertz CT molecular complexity index is 2340. The fourth-order valence-corrected chi connectivity index (χ4v) is 5.46. The molecule has 9 heteroatoms. The zero-order valence-corrected chi connectivity index (χ0v) is 25.3. The number of pyridine rings is 3. The molecule has 0 amide bonds. The lowest BCUT2D eigenvalue weighted by Crippen LogP contribution is -2.33. The minimum absolute atomic E-state index is 0.470. The zero-order chi connectivity index (χ0) is 32.9. The van der Waals surface area contributed by atoms with Crippen LogP contribution in [-0.4, -0.2) is 26.6 Å². The van der Waals surface area contributed by atoms with Gasteiger partial charge in [0.2, 0.25) is 0 Å². The van der Waals surface area contributed by atoms with Crippen LogP contribution in [-0.2, 0) is 0 Å². The van der Waals surface area contributed by atoms with Gasteiger partial charge in [-0.15, -0.1) is 0 Å². The number of nitriles is 3. The maximum absolute atomic E-state index is 9.56. The molecule has 1 aliphatic rings. The van der Waals surface area contributed by atoms with E-state index in [2.05, 4.69) is 38.5 Å². The monoisotopic (exact) mass is 617 g/mol. The van der Waals surface area contributed by atoms with E-state index in [0.29, 0.717) is 45.4 Å². The van der Waals surface area contributed by atoms with E-state index >= 15 is 0 Å². The van der Waals surface area contributed by atoms with E-state index in [-0.39, 0.29) is 0 Å². The summed E-state index contributed by atoms with van der Waals surface area (Å²) in [6, 6.07) is 40.3. The highest BCUT2D eigenvalue weighted by atomic mass is 15.2. The third kappa shape index (κ3) is 5.77. The Morgan fingerprint density at radius 3 is 1.31 bits per heavy atom. The summed E-state index contributed by atoms with van der Waals surface area (Å²) in [5.41, 5.74) is 8.33. The Morgan fingerprint density at radius 1 is 0.479 bits per heavy atom. The van der Waals surface area contributed by atoms with Gasteiger partial charge in [-0.3, -0.25) is 15.0 Å². The van der Waals surface area contributed by atoms with Crippen LogP contribution in [0.1, 0.15) is 39.5 Å². The lowest BCUT2D eigenvalue weighted by Gasteiger charge is -2.24. The Labute approximate surface area is 276 Å². The third-order valence-corrected chi connectivity index (χ3v) is 7.88. The first-order valence-corrected chi connectivity index (χ1v) is 15.0. The molecule has 0 radical (unpaired) electrons. The van der Waals surface area contributed by atoms with E-state index in [0.717, 1.165) is 33.4 Å². The molecule has 0 aliphatic carbocycles. The fourth-order valence-electron chi connectivity index (χ4n) is 5.46. The van der Waals surface area contributed by atoms with Crippen LogP contribution in [0, 0.1) is 34.0 Å². The van der Waals surface area contributed by atoms with Gasteiger partial charge in [0, 0.05) is 46.4 Å². The quantitative estimate of drug-likeness (QED) is 0.212. The molecule has 0 saturated carbocycles. The Balaban J connectivity index is 1.25. The number of hydrogen-bond acceptors (Lipinski definition) is 9. The number of aliphatic imine (C=N–C) groups is 2. The average Bonchev–Trinajstić information content (AvgIpc) is 3.18. The molecule has 1 atom stereocenters. The molecule has 7 rings (SSSR count). The average molecular weight is 618 g/mol. The molecular formula is C39H23N9. The smallest absolute Gasteiger partial charge is 0.159 e. The van der Waals surface area contributed by atoms with E-state index in [1.807, 2.05) is 72.8 Å². The van der Waals surface area contributed by atoms with Gasteiger partial charge < -0.3 is 5.32 Å². The van der Waals surface area contributed by atoms with Gasteiger partial charge in [0.1, 0.15) is 30.2 Å². The van der Waals surface area contributed by atoms with Crippen LogP contribution in [0.3, 0.4) is 0 Å². The van der Waals surface area contributed by atoms with Crippen LogP contribution in [0.25, 0.3) is 33.8 Å². The van der Waals surface area contributed by atoms with Crippen LogP contribution in [0.5, 0.6) is 0 Å². The van der Waals surface area contributed by atoms with Gasteiger partial charge in [-0.05, 0) is 42.0 Å². The van der Waals surface area contributed by atoms with Gasteiger partial charge in [-0.1, -0.05) is 72.8 Å². The van der Waals surface area contributed by atoms with E-state index in [1.165, 1.54) is 0 Å². The van der Waals surface area contributed by atoms with Crippen LogP contribution < -0.4 is 5.32 Å². The predicted octanol–water partition coefficient (Wildman–Crippen LogP) is 6.98. The summed E-state index contributed by atoms with van der Waals surface area (Å²) >= 11 is 0. The molecule has 0 saturated heterocycles. The van der Waals surface area contributed by atoms with Crippen LogP contribution in [0.4, 0.5) is 0 Å². The maximum atomic E-state index is 9.56. The molecule has 1 unspecified atom stereocenters. The summed E-state index contributed by atoms with van der Waals surface area (Å²) in [6.45, 7) is 0. The number of nitrogens with zero attached hydrogens (tertiary/aromatic N) is 8. The van der Waals surface area contributed by atoms with Gasteiger partial charge in [-0.2, -0.15) is 15.8 Å². The van der Waals surface area contributed by atoms with Gasteiger partial charge in [-0.25, -0.2) is 9.98 Å². The highest BCUT2D eigenvalue weighted by molar-refractivity contribution is 6.13. The largest absolute Gasteiger partial charge is 0.344 e. The van der Waals surface area contributed by atoms with Crippen molar-refractivity contribution in [2.45, 2.75) is 6.17 Å². The fraction of sp³-hybridized carbons (Fsp3) is 0.0256. The first kappa shape index (κ1) is 29.4. The second-order valence-electron chi connectivity index (χ2n) is 10.8. The third-order valence-electron chi connectivity index (χ3n) is 7.88. The molecule has 0 spiro atoms. The number of aromatic nitrogens is 3. The van der Waals surface area contributed by atoms with E-state index in [4.69, 9.17) is 9.98 Å². The summed E-state index contributed by atoms with van der Waals surface area (Å²) in [5, 5.41) is 32.2. The van der Waals surface area contributed by atoms with Crippen molar-refractivity contribution in [1.82, 2.24) is 20.3 Å². The number of benzene rings is 3. The number of hydrogen-bond donors (Lipinski definition) is 1. The van der Waals surface area contributed by atoms with Crippen LogP contribution in [0.15, 0.2) is 138 Å². The molecular weight excluding hydrogens is 594 g/mol. The van der Waals surface area contributed by atoms with Crippen molar-refractivity contribution in [2.75, 3.05) is 0 Å². The molecule has 1 aliphatic heterocycles. The van der Waals surface area contributed by atoms with E-state index in [9.17, 15) is 15.8 Å². The highest BCUT2D eigenvalue weighted by Crippen LogP contribution is 2.28.